The van der Waals surface area contributed by atoms with Crippen LogP contribution in [0.15, 0.2) is 51.7 Å². The molecule has 3 heterocycles. The fourth-order valence-electron chi connectivity index (χ4n) is 3.19. The highest BCUT2D eigenvalue weighted by Crippen LogP contribution is 2.24. The van der Waals surface area contributed by atoms with Gasteiger partial charge in [-0.3, -0.25) is 4.79 Å². The molecule has 0 aliphatic heterocycles. The van der Waals surface area contributed by atoms with Crippen molar-refractivity contribution in [1.29, 1.82) is 5.26 Å². The van der Waals surface area contributed by atoms with Crippen LogP contribution in [0.2, 0.25) is 0 Å². The summed E-state index contributed by atoms with van der Waals surface area (Å²) in [5, 5.41) is 15.6. The number of hydrogen-bond donors (Lipinski definition) is 1. The first-order chi connectivity index (χ1) is 13.7. The van der Waals surface area contributed by atoms with Gasteiger partial charge in [-0.25, -0.2) is 4.98 Å². The van der Waals surface area contributed by atoms with Gasteiger partial charge < -0.3 is 19.0 Å². The number of nitrogens with zero attached hydrogens (tertiary/aromatic N) is 3. The number of aromatic nitrogens is 2. The lowest BCUT2D eigenvalue weighted by Crippen LogP contribution is -2.39. The van der Waals surface area contributed by atoms with Gasteiger partial charge in [0.25, 0.3) is 5.91 Å². The highest BCUT2D eigenvalue weighted by atomic mass is 16.5. The van der Waals surface area contributed by atoms with E-state index < -0.39 is 0 Å². The third-order valence-electron chi connectivity index (χ3n) is 4.67. The van der Waals surface area contributed by atoms with Crippen molar-refractivity contribution in [1.82, 2.24) is 15.5 Å². The molecule has 0 radical (unpaired) electrons. The summed E-state index contributed by atoms with van der Waals surface area (Å²) in [7, 11) is 0. The molecule has 8 nitrogen and oxygen atoms in total. The Morgan fingerprint density at radius 2 is 2.07 bits per heavy atom. The maximum Gasteiger partial charge on any atom is 0.273 e. The Labute approximate surface area is 161 Å². The van der Waals surface area contributed by atoms with E-state index in [1.807, 2.05) is 6.07 Å². The maximum absolute atomic E-state index is 12.4. The van der Waals surface area contributed by atoms with Crippen molar-refractivity contribution in [3.63, 3.8) is 0 Å². The molecule has 1 aliphatic rings. The van der Waals surface area contributed by atoms with Gasteiger partial charge in [0.15, 0.2) is 11.5 Å². The smallest absolute Gasteiger partial charge is 0.273 e. The van der Waals surface area contributed by atoms with Gasteiger partial charge in [0, 0.05) is 24.4 Å². The van der Waals surface area contributed by atoms with Gasteiger partial charge in [0.05, 0.1) is 11.8 Å². The van der Waals surface area contributed by atoms with Crippen LogP contribution in [0.4, 0.5) is 0 Å². The van der Waals surface area contributed by atoms with Crippen molar-refractivity contribution < 1.29 is 18.5 Å². The molecule has 0 bridgehead atoms. The van der Waals surface area contributed by atoms with Gasteiger partial charge in [-0.2, -0.15) is 5.26 Å². The lowest BCUT2D eigenvalue weighted by atomic mass is 9.93. The number of pyridine rings is 1. The summed E-state index contributed by atoms with van der Waals surface area (Å²) in [5.41, 5.74) is 0.730. The van der Waals surface area contributed by atoms with Gasteiger partial charge >= 0.3 is 0 Å². The second-order valence-corrected chi connectivity index (χ2v) is 6.62. The Morgan fingerprint density at radius 1 is 1.21 bits per heavy atom. The van der Waals surface area contributed by atoms with E-state index in [9.17, 15) is 4.79 Å². The molecule has 1 amide bonds. The molecule has 0 aromatic carbocycles. The molecule has 142 valence electrons. The van der Waals surface area contributed by atoms with E-state index >= 15 is 0 Å². The first-order valence-corrected chi connectivity index (χ1v) is 9.05. The molecule has 0 atom stereocenters. The predicted octanol–water partition coefficient (Wildman–Crippen LogP) is 3.32. The van der Waals surface area contributed by atoms with Gasteiger partial charge in [-0.05, 0) is 43.9 Å². The van der Waals surface area contributed by atoms with Crippen LogP contribution in [0.5, 0.6) is 5.88 Å². The molecule has 4 rings (SSSR count). The number of furan rings is 1. The summed E-state index contributed by atoms with van der Waals surface area (Å²) < 4.78 is 16.3. The van der Waals surface area contributed by atoms with Gasteiger partial charge in [0.2, 0.25) is 11.6 Å². The van der Waals surface area contributed by atoms with E-state index in [0.29, 0.717) is 23.0 Å². The minimum absolute atomic E-state index is 0.0474. The standard InChI is InChI=1S/C20H18N4O4/c21-11-13-3-8-19(22-12-13)27-15-6-4-14(5-7-15)23-20(25)16-10-18(28-24-16)17-2-1-9-26-17/h1-3,8-10,12,14-15H,4-7H2,(H,23,25). The Kier molecular flexibility index (Phi) is 5.06. The monoisotopic (exact) mass is 378 g/mol. The third kappa shape index (κ3) is 4.04. The first-order valence-electron chi connectivity index (χ1n) is 9.05. The third-order valence-corrected chi connectivity index (χ3v) is 4.67. The Morgan fingerprint density at radius 3 is 2.75 bits per heavy atom. The number of ether oxygens (including phenoxy) is 1. The van der Waals surface area contributed by atoms with Crippen molar-refractivity contribution in [2.75, 3.05) is 0 Å². The second-order valence-electron chi connectivity index (χ2n) is 6.62. The fraction of sp³-hybridized carbons (Fsp3) is 0.300. The number of carbonyl (C=O) groups excluding carboxylic acids is 1. The summed E-state index contributed by atoms with van der Waals surface area (Å²) in [6.45, 7) is 0. The molecule has 1 fully saturated rings. The van der Waals surface area contributed by atoms with Crippen LogP contribution in [0.25, 0.3) is 11.5 Å². The topological polar surface area (TPSA) is 114 Å². The van der Waals surface area contributed by atoms with E-state index in [1.54, 1.807) is 30.3 Å². The lowest BCUT2D eigenvalue weighted by Gasteiger charge is -2.28. The van der Waals surface area contributed by atoms with Crippen molar-refractivity contribution in [3.05, 3.63) is 54.0 Å². The molecular formula is C20H18N4O4. The molecule has 0 spiro atoms. The van der Waals surface area contributed by atoms with Crippen molar-refractivity contribution in [2.45, 2.75) is 37.8 Å². The van der Waals surface area contributed by atoms with E-state index in [4.69, 9.17) is 18.9 Å². The lowest BCUT2D eigenvalue weighted by molar-refractivity contribution is 0.0881. The van der Waals surface area contributed by atoms with Crippen LogP contribution in [0, 0.1) is 11.3 Å². The molecule has 3 aromatic rings. The van der Waals surface area contributed by atoms with Gasteiger partial charge in [0.1, 0.15) is 12.2 Å². The van der Waals surface area contributed by atoms with E-state index in [2.05, 4.69) is 15.5 Å². The Hall–Kier alpha value is -3.60. The normalized spacial score (nSPS) is 19.0. The minimum Gasteiger partial charge on any atom is -0.474 e. The highest BCUT2D eigenvalue weighted by Gasteiger charge is 2.25. The minimum atomic E-state index is -0.264. The number of nitrogens with one attached hydrogen (secondary N) is 1. The fourth-order valence-corrected chi connectivity index (χ4v) is 3.19. The Balaban J connectivity index is 1.27. The van der Waals surface area contributed by atoms with Crippen LogP contribution < -0.4 is 10.1 Å². The molecule has 0 unspecified atom stereocenters. The SMILES string of the molecule is N#Cc1ccc(OC2CCC(NC(=O)c3cc(-c4ccco4)on3)CC2)nc1. The zero-order valence-electron chi connectivity index (χ0n) is 15.0. The Bertz CT molecular complexity index is 965. The van der Waals surface area contributed by atoms with E-state index in [1.165, 1.54) is 12.5 Å². The average Bonchev–Trinajstić information content (AvgIpc) is 3.42. The number of carbonyl (C=O) groups is 1. The molecular weight excluding hydrogens is 360 g/mol. The van der Waals surface area contributed by atoms with E-state index in [0.717, 1.165) is 25.7 Å². The van der Waals surface area contributed by atoms with Crippen LogP contribution >= 0.6 is 0 Å². The zero-order chi connectivity index (χ0) is 19.3. The van der Waals surface area contributed by atoms with Crippen LogP contribution in [0.3, 0.4) is 0 Å². The van der Waals surface area contributed by atoms with Crippen LogP contribution in [-0.4, -0.2) is 28.2 Å². The van der Waals surface area contributed by atoms with Crippen molar-refractivity contribution in [2.24, 2.45) is 0 Å². The highest BCUT2D eigenvalue weighted by molar-refractivity contribution is 5.93. The quantitative estimate of drug-likeness (QED) is 0.724. The number of nitriles is 1. The number of rotatable bonds is 5. The maximum atomic E-state index is 12.4. The molecule has 0 saturated heterocycles. The van der Waals surface area contributed by atoms with Crippen LogP contribution in [-0.2, 0) is 0 Å². The summed E-state index contributed by atoms with van der Waals surface area (Å²) in [4.78, 5) is 16.5. The summed E-state index contributed by atoms with van der Waals surface area (Å²) in [6.07, 6.45) is 6.30. The number of amides is 1. The summed E-state index contributed by atoms with van der Waals surface area (Å²) in [5.74, 6) is 1.20. The largest absolute Gasteiger partial charge is 0.474 e. The second kappa shape index (κ2) is 7.96. The van der Waals surface area contributed by atoms with Gasteiger partial charge in [-0.1, -0.05) is 5.16 Å². The molecule has 1 aliphatic carbocycles. The van der Waals surface area contributed by atoms with Crippen molar-refractivity contribution in [3.8, 4) is 23.5 Å². The zero-order valence-corrected chi connectivity index (χ0v) is 15.0. The predicted molar refractivity (Wildman–Crippen MR) is 97.3 cm³/mol. The number of hydrogen-bond acceptors (Lipinski definition) is 7. The first kappa shape index (κ1) is 17.8. The average molecular weight is 378 g/mol. The molecule has 3 aromatic heterocycles. The molecule has 28 heavy (non-hydrogen) atoms. The van der Waals surface area contributed by atoms with Crippen molar-refractivity contribution >= 4 is 5.91 Å². The summed E-state index contributed by atoms with van der Waals surface area (Å²) in [6, 6.07) is 10.5. The molecule has 1 saturated carbocycles. The van der Waals surface area contributed by atoms with Gasteiger partial charge in [-0.15, -0.1) is 0 Å². The van der Waals surface area contributed by atoms with E-state index in [-0.39, 0.29) is 23.7 Å². The summed E-state index contributed by atoms with van der Waals surface area (Å²) >= 11 is 0. The molecule has 1 N–H and O–H groups in total. The van der Waals surface area contributed by atoms with Crippen LogP contribution in [0.1, 0.15) is 41.7 Å². The molecule has 8 heteroatoms.